The Labute approximate surface area is 148 Å². The highest BCUT2D eigenvalue weighted by Crippen LogP contribution is 2.32. The van der Waals surface area contributed by atoms with Gasteiger partial charge in [0.05, 0.1) is 11.7 Å². The Balaban J connectivity index is 1.95. The summed E-state index contributed by atoms with van der Waals surface area (Å²) in [7, 11) is 1.96. The molecule has 1 aromatic rings. The van der Waals surface area contributed by atoms with Crippen LogP contribution in [0.2, 0.25) is 0 Å². The van der Waals surface area contributed by atoms with E-state index in [4.69, 9.17) is 0 Å². The summed E-state index contributed by atoms with van der Waals surface area (Å²) in [6, 6.07) is 5.86. The lowest BCUT2D eigenvalue weighted by molar-refractivity contribution is -0.138. The van der Waals surface area contributed by atoms with E-state index >= 15 is 0 Å². The van der Waals surface area contributed by atoms with E-state index < -0.39 is 17.8 Å². The molecule has 0 aromatic heterocycles. The van der Waals surface area contributed by atoms with Gasteiger partial charge in [0.1, 0.15) is 0 Å². The summed E-state index contributed by atoms with van der Waals surface area (Å²) in [4.78, 5) is 4.52. The van der Waals surface area contributed by atoms with Crippen molar-refractivity contribution in [3.8, 4) is 0 Å². The van der Waals surface area contributed by atoms with E-state index in [1.807, 2.05) is 7.05 Å². The lowest BCUT2D eigenvalue weighted by atomic mass is 9.92. The van der Waals surface area contributed by atoms with Gasteiger partial charge in [0.25, 0.3) is 0 Å². The SMILES string of the molecule is CCN1CCC(N(C)CC(O)Cc2ccccc2C(F)(F)F)C(C)C1. The standard InChI is InChI=1S/C19H29F3N2O/c1-4-24-10-9-18(14(2)12-24)23(3)13-16(25)11-15-7-5-6-8-17(15)19(20,21)22/h5-8,14,16,18,25H,4,9-13H2,1-3H3. The molecule has 0 bridgehead atoms. The minimum Gasteiger partial charge on any atom is -0.391 e. The smallest absolute Gasteiger partial charge is 0.391 e. The maximum absolute atomic E-state index is 13.1. The quantitative estimate of drug-likeness (QED) is 0.846. The van der Waals surface area contributed by atoms with Crippen LogP contribution >= 0.6 is 0 Å². The van der Waals surface area contributed by atoms with Crippen LogP contribution in [0.3, 0.4) is 0 Å². The van der Waals surface area contributed by atoms with Gasteiger partial charge in [-0.25, -0.2) is 0 Å². The molecule has 0 saturated carbocycles. The Hall–Kier alpha value is -1.11. The van der Waals surface area contributed by atoms with Crippen molar-refractivity contribution < 1.29 is 18.3 Å². The van der Waals surface area contributed by atoms with Crippen molar-refractivity contribution in [2.75, 3.05) is 33.2 Å². The zero-order valence-corrected chi connectivity index (χ0v) is 15.3. The van der Waals surface area contributed by atoms with Gasteiger partial charge in [0.2, 0.25) is 0 Å². The van der Waals surface area contributed by atoms with Gasteiger partial charge in [0.15, 0.2) is 0 Å². The molecule has 3 unspecified atom stereocenters. The maximum atomic E-state index is 13.1. The number of aliphatic hydroxyl groups is 1. The van der Waals surface area contributed by atoms with Crippen LogP contribution in [0.5, 0.6) is 0 Å². The molecule has 3 nitrogen and oxygen atoms in total. The van der Waals surface area contributed by atoms with Crippen molar-refractivity contribution in [1.29, 1.82) is 0 Å². The summed E-state index contributed by atoms with van der Waals surface area (Å²) >= 11 is 0. The fourth-order valence-corrected chi connectivity index (χ4v) is 3.92. The Morgan fingerprint density at radius 1 is 1.32 bits per heavy atom. The molecule has 0 aliphatic carbocycles. The second-order valence-corrected chi connectivity index (χ2v) is 7.18. The highest BCUT2D eigenvalue weighted by atomic mass is 19.4. The molecule has 1 fully saturated rings. The van der Waals surface area contributed by atoms with E-state index in [9.17, 15) is 18.3 Å². The third-order valence-corrected chi connectivity index (χ3v) is 5.23. The van der Waals surface area contributed by atoms with Gasteiger partial charge >= 0.3 is 6.18 Å². The number of rotatable bonds is 6. The van der Waals surface area contributed by atoms with Crippen molar-refractivity contribution >= 4 is 0 Å². The summed E-state index contributed by atoms with van der Waals surface area (Å²) < 4.78 is 39.2. The third kappa shape index (κ3) is 5.43. The first-order chi connectivity index (χ1) is 11.7. The zero-order valence-electron chi connectivity index (χ0n) is 15.3. The summed E-state index contributed by atoms with van der Waals surface area (Å²) in [5, 5.41) is 10.4. The van der Waals surface area contributed by atoms with E-state index in [0.717, 1.165) is 32.1 Å². The van der Waals surface area contributed by atoms with Gasteiger partial charge in [-0.05, 0) is 44.1 Å². The third-order valence-electron chi connectivity index (χ3n) is 5.23. The Bertz CT molecular complexity index is 550. The molecule has 25 heavy (non-hydrogen) atoms. The fraction of sp³-hybridized carbons (Fsp3) is 0.684. The summed E-state index contributed by atoms with van der Waals surface area (Å²) in [5.41, 5.74) is -0.494. The Kier molecular flexibility index (Phi) is 6.88. The number of alkyl halides is 3. The molecule has 1 aliphatic heterocycles. The average Bonchev–Trinajstić information content (AvgIpc) is 2.53. The van der Waals surface area contributed by atoms with Gasteiger partial charge < -0.3 is 14.9 Å². The highest BCUT2D eigenvalue weighted by molar-refractivity contribution is 5.30. The number of aliphatic hydroxyl groups excluding tert-OH is 1. The Morgan fingerprint density at radius 3 is 2.60 bits per heavy atom. The van der Waals surface area contributed by atoms with Crippen molar-refractivity contribution in [3.63, 3.8) is 0 Å². The average molecular weight is 358 g/mol. The second-order valence-electron chi connectivity index (χ2n) is 7.18. The van der Waals surface area contributed by atoms with Crippen LogP contribution in [0.4, 0.5) is 13.2 Å². The van der Waals surface area contributed by atoms with Crippen LogP contribution < -0.4 is 0 Å². The first-order valence-electron chi connectivity index (χ1n) is 8.98. The minimum absolute atomic E-state index is 0.0161. The molecular weight excluding hydrogens is 329 g/mol. The molecule has 0 spiro atoms. The molecule has 6 heteroatoms. The molecule has 1 aliphatic rings. The van der Waals surface area contributed by atoms with Crippen molar-refractivity contribution in [2.45, 2.75) is 45.0 Å². The largest absolute Gasteiger partial charge is 0.416 e. The highest BCUT2D eigenvalue weighted by Gasteiger charge is 2.34. The Morgan fingerprint density at radius 2 is 2.00 bits per heavy atom. The monoisotopic (exact) mass is 358 g/mol. The lowest BCUT2D eigenvalue weighted by Crippen LogP contribution is -2.50. The predicted molar refractivity (Wildman–Crippen MR) is 93.5 cm³/mol. The van der Waals surface area contributed by atoms with Crippen molar-refractivity contribution in [1.82, 2.24) is 9.80 Å². The van der Waals surface area contributed by atoms with Crippen LogP contribution in [0.25, 0.3) is 0 Å². The molecule has 1 N–H and O–H groups in total. The molecule has 142 valence electrons. The molecule has 2 rings (SSSR count). The number of likely N-dealkylation sites (tertiary alicyclic amines) is 1. The van der Waals surface area contributed by atoms with E-state index in [1.54, 1.807) is 6.07 Å². The number of nitrogens with zero attached hydrogens (tertiary/aromatic N) is 2. The zero-order chi connectivity index (χ0) is 18.6. The molecule has 0 amide bonds. The number of benzene rings is 1. The van der Waals surface area contributed by atoms with E-state index in [1.165, 1.54) is 12.1 Å². The minimum atomic E-state index is -4.39. The van der Waals surface area contributed by atoms with Crippen molar-refractivity contribution in [3.05, 3.63) is 35.4 Å². The van der Waals surface area contributed by atoms with Gasteiger partial charge in [-0.2, -0.15) is 13.2 Å². The van der Waals surface area contributed by atoms with Crippen LogP contribution in [0.15, 0.2) is 24.3 Å². The van der Waals surface area contributed by atoms with Crippen LogP contribution in [0.1, 0.15) is 31.4 Å². The van der Waals surface area contributed by atoms with E-state index in [-0.39, 0.29) is 12.0 Å². The van der Waals surface area contributed by atoms with Gasteiger partial charge in [-0.3, -0.25) is 0 Å². The normalized spacial score (nSPS) is 23.8. The fourth-order valence-electron chi connectivity index (χ4n) is 3.92. The predicted octanol–water partition coefficient (Wildman–Crippen LogP) is 3.27. The molecule has 0 radical (unpaired) electrons. The summed E-state index contributed by atoms with van der Waals surface area (Å²) in [5.74, 6) is 0.480. The van der Waals surface area contributed by atoms with E-state index in [0.29, 0.717) is 18.5 Å². The summed E-state index contributed by atoms with van der Waals surface area (Å²) in [6.45, 7) is 7.83. The van der Waals surface area contributed by atoms with E-state index in [2.05, 4.69) is 23.6 Å². The number of piperidine rings is 1. The second kappa shape index (κ2) is 8.52. The van der Waals surface area contributed by atoms with Crippen molar-refractivity contribution in [2.24, 2.45) is 5.92 Å². The molecule has 1 saturated heterocycles. The van der Waals surface area contributed by atoms with Gasteiger partial charge in [-0.1, -0.05) is 32.0 Å². The first kappa shape index (κ1) is 20.2. The maximum Gasteiger partial charge on any atom is 0.416 e. The van der Waals surface area contributed by atoms with Crippen LogP contribution in [0, 0.1) is 5.92 Å². The van der Waals surface area contributed by atoms with Crippen LogP contribution in [-0.2, 0) is 12.6 Å². The molecule has 1 heterocycles. The number of hydrogen-bond donors (Lipinski definition) is 1. The lowest BCUT2D eigenvalue weighted by Gasteiger charge is -2.41. The number of halogens is 3. The molecule has 3 atom stereocenters. The number of likely N-dealkylation sites (N-methyl/N-ethyl adjacent to an activating group) is 1. The topological polar surface area (TPSA) is 26.7 Å². The van der Waals surface area contributed by atoms with Crippen LogP contribution in [-0.4, -0.2) is 60.3 Å². The number of hydrogen-bond acceptors (Lipinski definition) is 3. The molecular formula is C19H29F3N2O. The van der Waals surface area contributed by atoms with Gasteiger partial charge in [0, 0.05) is 25.6 Å². The first-order valence-corrected chi connectivity index (χ1v) is 8.98. The molecule has 1 aromatic carbocycles. The summed E-state index contributed by atoms with van der Waals surface area (Å²) in [6.07, 6.45) is -4.16. The van der Waals surface area contributed by atoms with Gasteiger partial charge in [-0.15, -0.1) is 0 Å².